The lowest BCUT2D eigenvalue weighted by molar-refractivity contribution is 0.0782. The Balaban J connectivity index is 1.30. The van der Waals surface area contributed by atoms with E-state index in [-0.39, 0.29) is 5.91 Å². The molecule has 1 aromatic carbocycles. The maximum absolute atomic E-state index is 12.8. The summed E-state index contributed by atoms with van der Waals surface area (Å²) in [5.74, 6) is 2.72. The summed E-state index contributed by atoms with van der Waals surface area (Å²) < 4.78 is 1.78. The van der Waals surface area contributed by atoms with Crippen molar-refractivity contribution in [1.29, 1.82) is 0 Å². The molecule has 0 radical (unpaired) electrons. The monoisotopic (exact) mass is 382 g/mol. The summed E-state index contributed by atoms with van der Waals surface area (Å²) in [6.07, 6.45) is 0. The molecule has 2 fully saturated rings. The predicted octanol–water partition coefficient (Wildman–Crippen LogP) is 2.29. The van der Waals surface area contributed by atoms with Crippen LogP contribution in [0.15, 0.2) is 36.4 Å². The normalized spacial score (nSPS) is 21.9. The highest BCUT2D eigenvalue weighted by molar-refractivity contribution is 6.30. The molecule has 8 heteroatoms. The quantitative estimate of drug-likeness (QED) is 0.680. The van der Waals surface area contributed by atoms with Crippen molar-refractivity contribution < 1.29 is 4.79 Å². The zero-order valence-electron chi connectivity index (χ0n) is 14.9. The first-order chi connectivity index (χ1) is 13.1. The fraction of sp³-hybridized carbons (Fsp3) is 0.368. The lowest BCUT2D eigenvalue weighted by Gasteiger charge is -2.22. The van der Waals surface area contributed by atoms with Crippen molar-refractivity contribution in [1.82, 2.24) is 24.7 Å². The number of hydrogen-bond acceptors (Lipinski definition) is 5. The second-order valence-corrected chi connectivity index (χ2v) is 7.79. The van der Waals surface area contributed by atoms with Gasteiger partial charge < -0.3 is 9.80 Å². The molecule has 2 atom stereocenters. The highest BCUT2D eigenvalue weighted by Gasteiger charge is 2.42. The number of amides is 1. The van der Waals surface area contributed by atoms with E-state index >= 15 is 0 Å². The van der Waals surface area contributed by atoms with E-state index in [4.69, 9.17) is 11.6 Å². The molecule has 0 aliphatic carbocycles. The minimum atomic E-state index is 0.0677. The van der Waals surface area contributed by atoms with Crippen LogP contribution >= 0.6 is 11.6 Å². The molecule has 0 bridgehead atoms. The largest absolute Gasteiger partial charge is 0.354 e. The first-order valence-electron chi connectivity index (χ1n) is 9.07. The standard InChI is InChI=1S/C19H19ClN6O/c1-12-21-22-17-5-6-18(23-26(12)17)24-8-14-10-25(11-15(14)9-24)19(27)13-3-2-4-16(20)7-13/h2-7,14-15H,8-11H2,1H3. The Kier molecular flexibility index (Phi) is 3.79. The van der Waals surface area contributed by atoms with E-state index in [0.717, 1.165) is 43.5 Å². The van der Waals surface area contributed by atoms with Gasteiger partial charge in [-0.25, -0.2) is 0 Å². The van der Waals surface area contributed by atoms with E-state index in [2.05, 4.69) is 20.2 Å². The van der Waals surface area contributed by atoms with Gasteiger partial charge in [-0.2, -0.15) is 4.52 Å². The summed E-state index contributed by atoms with van der Waals surface area (Å²) in [7, 11) is 0. The highest BCUT2D eigenvalue weighted by atomic mass is 35.5. The van der Waals surface area contributed by atoms with Gasteiger partial charge in [0.25, 0.3) is 5.91 Å². The Labute approximate surface area is 161 Å². The number of likely N-dealkylation sites (tertiary alicyclic amines) is 1. The molecule has 2 aliphatic heterocycles. The molecule has 7 nitrogen and oxygen atoms in total. The van der Waals surface area contributed by atoms with E-state index in [1.54, 1.807) is 16.6 Å². The molecule has 0 spiro atoms. The van der Waals surface area contributed by atoms with E-state index in [1.807, 2.05) is 36.1 Å². The molecule has 5 rings (SSSR count). The van der Waals surface area contributed by atoms with Gasteiger partial charge in [-0.3, -0.25) is 4.79 Å². The fourth-order valence-electron chi connectivity index (χ4n) is 4.21. The van der Waals surface area contributed by atoms with Crippen LogP contribution < -0.4 is 4.90 Å². The van der Waals surface area contributed by atoms with Gasteiger partial charge in [0.1, 0.15) is 5.82 Å². The summed E-state index contributed by atoms with van der Waals surface area (Å²) in [6.45, 7) is 5.27. The summed E-state index contributed by atoms with van der Waals surface area (Å²) in [5.41, 5.74) is 1.42. The number of rotatable bonds is 2. The maximum atomic E-state index is 12.8. The molecule has 0 saturated carbocycles. The first-order valence-corrected chi connectivity index (χ1v) is 9.45. The number of anilines is 1. The third-order valence-corrected chi connectivity index (χ3v) is 5.81. The number of fused-ring (bicyclic) bond motifs is 2. The fourth-order valence-corrected chi connectivity index (χ4v) is 4.40. The minimum Gasteiger partial charge on any atom is -0.354 e. The maximum Gasteiger partial charge on any atom is 0.253 e. The van der Waals surface area contributed by atoms with Gasteiger partial charge in [-0.15, -0.1) is 15.3 Å². The Morgan fingerprint density at radius 2 is 1.85 bits per heavy atom. The van der Waals surface area contributed by atoms with Crippen molar-refractivity contribution >= 4 is 29.0 Å². The van der Waals surface area contributed by atoms with Crippen molar-refractivity contribution in [2.75, 3.05) is 31.1 Å². The second kappa shape index (κ2) is 6.20. The van der Waals surface area contributed by atoms with Gasteiger partial charge in [-0.05, 0) is 37.3 Å². The third-order valence-electron chi connectivity index (χ3n) is 5.57. The molecule has 1 amide bonds. The van der Waals surface area contributed by atoms with Crippen LogP contribution in [0.2, 0.25) is 5.02 Å². The number of aryl methyl sites for hydroxylation is 1. The number of carbonyl (C=O) groups is 1. The van der Waals surface area contributed by atoms with Crippen LogP contribution in [0, 0.1) is 18.8 Å². The topological polar surface area (TPSA) is 66.6 Å². The Morgan fingerprint density at radius 3 is 2.59 bits per heavy atom. The van der Waals surface area contributed by atoms with Crippen molar-refractivity contribution in [3.8, 4) is 0 Å². The van der Waals surface area contributed by atoms with Gasteiger partial charge in [0, 0.05) is 48.6 Å². The van der Waals surface area contributed by atoms with E-state index in [9.17, 15) is 4.79 Å². The number of hydrogen-bond donors (Lipinski definition) is 0. The summed E-state index contributed by atoms with van der Waals surface area (Å²) >= 11 is 6.03. The Hall–Kier alpha value is -2.67. The van der Waals surface area contributed by atoms with Gasteiger partial charge in [0.05, 0.1) is 0 Å². The van der Waals surface area contributed by atoms with Gasteiger partial charge >= 0.3 is 0 Å². The third kappa shape index (κ3) is 2.82. The average molecular weight is 383 g/mol. The van der Waals surface area contributed by atoms with Crippen molar-refractivity contribution in [3.05, 3.63) is 52.8 Å². The number of nitrogens with zero attached hydrogens (tertiary/aromatic N) is 6. The average Bonchev–Trinajstić information content (AvgIpc) is 3.34. The van der Waals surface area contributed by atoms with Crippen molar-refractivity contribution in [2.45, 2.75) is 6.92 Å². The summed E-state index contributed by atoms with van der Waals surface area (Å²) in [5, 5.41) is 13.4. The van der Waals surface area contributed by atoms with Crippen LogP contribution in [0.3, 0.4) is 0 Å². The zero-order valence-corrected chi connectivity index (χ0v) is 15.7. The van der Waals surface area contributed by atoms with E-state index < -0.39 is 0 Å². The number of benzene rings is 1. The number of halogens is 1. The Bertz CT molecular complexity index is 1020. The lowest BCUT2D eigenvalue weighted by atomic mass is 10.0. The van der Waals surface area contributed by atoms with Crippen LogP contribution in [-0.2, 0) is 0 Å². The molecule has 4 heterocycles. The molecule has 2 saturated heterocycles. The summed E-state index contributed by atoms with van der Waals surface area (Å²) in [6, 6.07) is 11.1. The second-order valence-electron chi connectivity index (χ2n) is 7.35. The first kappa shape index (κ1) is 16.5. The molecule has 2 unspecified atom stereocenters. The molecule has 2 aliphatic rings. The van der Waals surface area contributed by atoms with Gasteiger partial charge in [0.15, 0.2) is 11.5 Å². The van der Waals surface area contributed by atoms with Crippen molar-refractivity contribution in [3.63, 3.8) is 0 Å². The van der Waals surface area contributed by atoms with Crippen LogP contribution in [0.25, 0.3) is 5.65 Å². The molecule has 138 valence electrons. The van der Waals surface area contributed by atoms with E-state index in [0.29, 0.717) is 22.4 Å². The molecule has 3 aromatic rings. The minimum absolute atomic E-state index is 0.0677. The SMILES string of the molecule is Cc1nnc2ccc(N3CC4CN(C(=O)c5cccc(Cl)c5)CC4C3)nn12. The zero-order chi connectivity index (χ0) is 18.5. The lowest BCUT2D eigenvalue weighted by Crippen LogP contribution is -2.33. The molecular formula is C19H19ClN6O. The smallest absolute Gasteiger partial charge is 0.253 e. The predicted molar refractivity (Wildman–Crippen MR) is 102 cm³/mol. The number of aromatic nitrogens is 4. The van der Waals surface area contributed by atoms with E-state index in [1.165, 1.54) is 0 Å². The van der Waals surface area contributed by atoms with Crippen LogP contribution in [-0.4, -0.2) is 56.8 Å². The van der Waals surface area contributed by atoms with Crippen molar-refractivity contribution in [2.24, 2.45) is 11.8 Å². The highest BCUT2D eigenvalue weighted by Crippen LogP contribution is 2.34. The van der Waals surface area contributed by atoms with Gasteiger partial charge in [0.2, 0.25) is 0 Å². The Morgan fingerprint density at radius 1 is 1.07 bits per heavy atom. The van der Waals surface area contributed by atoms with Crippen LogP contribution in [0.5, 0.6) is 0 Å². The summed E-state index contributed by atoms with van der Waals surface area (Å²) in [4.78, 5) is 17.0. The van der Waals surface area contributed by atoms with Crippen LogP contribution in [0.4, 0.5) is 5.82 Å². The molecule has 27 heavy (non-hydrogen) atoms. The van der Waals surface area contributed by atoms with Gasteiger partial charge in [-0.1, -0.05) is 17.7 Å². The molecule has 2 aromatic heterocycles. The number of carbonyl (C=O) groups excluding carboxylic acids is 1. The molecular weight excluding hydrogens is 364 g/mol. The molecule has 0 N–H and O–H groups in total. The van der Waals surface area contributed by atoms with Crippen LogP contribution in [0.1, 0.15) is 16.2 Å².